The Bertz CT molecular complexity index is 1110. The minimum absolute atomic E-state index is 0.195. The van der Waals surface area contributed by atoms with Crippen LogP contribution in [0.15, 0.2) is 83.8 Å². The Kier molecular flexibility index (Phi) is 6.70. The van der Waals surface area contributed by atoms with Crippen molar-refractivity contribution in [3.8, 4) is 0 Å². The second-order valence-electron chi connectivity index (χ2n) is 7.47. The van der Waals surface area contributed by atoms with Crippen molar-refractivity contribution < 1.29 is 13.2 Å². The Labute approximate surface area is 178 Å². The van der Waals surface area contributed by atoms with Crippen molar-refractivity contribution >= 4 is 21.6 Å². The molecule has 6 heteroatoms. The molecule has 0 aliphatic rings. The van der Waals surface area contributed by atoms with Crippen molar-refractivity contribution in [1.29, 1.82) is 0 Å². The highest BCUT2D eigenvalue weighted by Crippen LogP contribution is 2.24. The first-order valence-corrected chi connectivity index (χ1v) is 11.2. The van der Waals surface area contributed by atoms with Crippen LogP contribution in [0.1, 0.15) is 41.3 Å². The summed E-state index contributed by atoms with van der Waals surface area (Å²) in [5, 5.41) is 2.97. The summed E-state index contributed by atoms with van der Waals surface area (Å²) < 4.78 is 26.6. The van der Waals surface area contributed by atoms with Crippen LogP contribution in [0.4, 0.5) is 5.69 Å². The van der Waals surface area contributed by atoms with Gasteiger partial charge in [-0.2, -0.15) is 4.31 Å². The van der Waals surface area contributed by atoms with E-state index in [1.54, 1.807) is 61.6 Å². The molecule has 3 aromatic rings. The molecule has 0 aliphatic carbocycles. The van der Waals surface area contributed by atoms with Gasteiger partial charge in [0.05, 0.1) is 4.90 Å². The van der Waals surface area contributed by atoms with Gasteiger partial charge in [-0.1, -0.05) is 62.4 Å². The van der Waals surface area contributed by atoms with E-state index in [0.717, 1.165) is 16.8 Å². The molecule has 0 aromatic heterocycles. The van der Waals surface area contributed by atoms with Crippen LogP contribution < -0.4 is 5.32 Å². The number of rotatable bonds is 7. The summed E-state index contributed by atoms with van der Waals surface area (Å²) in [5.41, 5.74) is 3.20. The zero-order chi connectivity index (χ0) is 21.7. The summed E-state index contributed by atoms with van der Waals surface area (Å²) in [6.07, 6.45) is 0. The lowest BCUT2D eigenvalue weighted by molar-refractivity contribution is 0.102. The van der Waals surface area contributed by atoms with Gasteiger partial charge in [-0.3, -0.25) is 4.79 Å². The highest BCUT2D eigenvalue weighted by Gasteiger charge is 2.20. The third-order valence-electron chi connectivity index (χ3n) is 4.90. The zero-order valence-corrected chi connectivity index (χ0v) is 18.2. The predicted octanol–water partition coefficient (Wildman–Crippen LogP) is 4.88. The van der Waals surface area contributed by atoms with Crippen molar-refractivity contribution in [2.24, 2.45) is 0 Å². The van der Waals surface area contributed by atoms with E-state index in [2.05, 4.69) is 19.2 Å². The van der Waals surface area contributed by atoms with E-state index in [4.69, 9.17) is 0 Å². The summed E-state index contributed by atoms with van der Waals surface area (Å²) in [5.74, 6) is 0.103. The monoisotopic (exact) mass is 422 g/mol. The van der Waals surface area contributed by atoms with Crippen LogP contribution in [0.2, 0.25) is 0 Å². The molecule has 1 N–H and O–H groups in total. The zero-order valence-electron chi connectivity index (χ0n) is 17.4. The van der Waals surface area contributed by atoms with E-state index >= 15 is 0 Å². The van der Waals surface area contributed by atoms with Gasteiger partial charge >= 0.3 is 0 Å². The number of para-hydroxylation sites is 1. The van der Waals surface area contributed by atoms with E-state index in [0.29, 0.717) is 11.5 Å². The standard InChI is InChI=1S/C24H26N2O3S/c1-18(2)22-11-7-8-12-23(22)25-24(27)20-15-13-19(14-16-20)17-26(3)30(28,29)21-9-5-4-6-10-21/h4-16,18H,17H2,1-3H3,(H,25,27). The molecule has 1 amide bonds. The Morgan fingerprint density at radius 3 is 2.13 bits per heavy atom. The number of carbonyl (C=O) groups excluding carboxylic acids is 1. The van der Waals surface area contributed by atoms with E-state index in [1.807, 2.05) is 24.3 Å². The first-order valence-electron chi connectivity index (χ1n) is 9.79. The quantitative estimate of drug-likeness (QED) is 0.590. The summed E-state index contributed by atoms with van der Waals surface area (Å²) in [6.45, 7) is 4.38. The summed E-state index contributed by atoms with van der Waals surface area (Å²) in [7, 11) is -2.02. The molecule has 0 spiro atoms. The number of sulfonamides is 1. The van der Waals surface area contributed by atoms with E-state index < -0.39 is 10.0 Å². The number of hydrogen-bond donors (Lipinski definition) is 1. The molecular formula is C24H26N2O3S. The van der Waals surface area contributed by atoms with Crippen LogP contribution >= 0.6 is 0 Å². The van der Waals surface area contributed by atoms with Gasteiger partial charge in [0.1, 0.15) is 0 Å². The minimum atomic E-state index is -3.56. The third-order valence-corrected chi connectivity index (χ3v) is 6.72. The Hall–Kier alpha value is -2.96. The first kappa shape index (κ1) is 21.7. The number of anilines is 1. The molecule has 0 atom stereocenters. The molecule has 156 valence electrons. The van der Waals surface area contributed by atoms with Crippen LogP contribution in [0.3, 0.4) is 0 Å². The molecule has 3 rings (SSSR count). The van der Waals surface area contributed by atoms with Gasteiger partial charge in [-0.15, -0.1) is 0 Å². The van der Waals surface area contributed by atoms with E-state index in [1.165, 1.54) is 4.31 Å². The lowest BCUT2D eigenvalue weighted by Crippen LogP contribution is -2.26. The molecule has 0 fully saturated rings. The van der Waals surface area contributed by atoms with Gasteiger partial charge in [0.25, 0.3) is 5.91 Å². The van der Waals surface area contributed by atoms with Gasteiger partial charge in [0.15, 0.2) is 0 Å². The maximum atomic E-state index is 12.7. The van der Waals surface area contributed by atoms with Gasteiger partial charge in [-0.25, -0.2) is 8.42 Å². The van der Waals surface area contributed by atoms with Crippen LogP contribution in [-0.4, -0.2) is 25.7 Å². The Balaban J connectivity index is 1.70. The number of carbonyl (C=O) groups is 1. The topological polar surface area (TPSA) is 66.5 Å². The number of hydrogen-bond acceptors (Lipinski definition) is 3. The fraction of sp³-hybridized carbons (Fsp3) is 0.208. The van der Waals surface area contributed by atoms with Crippen molar-refractivity contribution in [1.82, 2.24) is 4.31 Å². The van der Waals surface area contributed by atoms with Crippen LogP contribution in [0.25, 0.3) is 0 Å². The second-order valence-corrected chi connectivity index (χ2v) is 9.51. The number of nitrogens with one attached hydrogen (secondary N) is 1. The fourth-order valence-corrected chi connectivity index (χ4v) is 4.36. The fourth-order valence-electron chi connectivity index (χ4n) is 3.18. The Morgan fingerprint density at radius 1 is 0.900 bits per heavy atom. The first-order chi connectivity index (χ1) is 14.3. The molecule has 0 heterocycles. The highest BCUT2D eigenvalue weighted by molar-refractivity contribution is 7.89. The lowest BCUT2D eigenvalue weighted by atomic mass is 10.0. The van der Waals surface area contributed by atoms with Crippen LogP contribution in [0, 0.1) is 0 Å². The molecule has 0 aliphatic heterocycles. The van der Waals surface area contributed by atoms with Gasteiger partial charge in [-0.05, 0) is 47.4 Å². The van der Waals surface area contributed by atoms with Crippen molar-refractivity contribution in [3.05, 3.63) is 95.6 Å². The molecule has 0 saturated carbocycles. The van der Waals surface area contributed by atoms with Gasteiger partial charge in [0.2, 0.25) is 10.0 Å². The predicted molar refractivity (Wildman–Crippen MR) is 120 cm³/mol. The summed E-state index contributed by atoms with van der Waals surface area (Å²) >= 11 is 0. The summed E-state index contributed by atoms with van der Waals surface area (Å²) in [6, 6.07) is 23.1. The molecule has 5 nitrogen and oxygen atoms in total. The molecule has 0 unspecified atom stereocenters. The van der Waals surface area contributed by atoms with Crippen LogP contribution in [0.5, 0.6) is 0 Å². The number of amides is 1. The van der Waals surface area contributed by atoms with Crippen molar-refractivity contribution in [2.75, 3.05) is 12.4 Å². The Morgan fingerprint density at radius 2 is 1.50 bits per heavy atom. The molecular weight excluding hydrogens is 396 g/mol. The van der Waals surface area contributed by atoms with Gasteiger partial charge < -0.3 is 5.32 Å². The SMILES string of the molecule is CC(C)c1ccccc1NC(=O)c1ccc(CN(C)S(=O)(=O)c2ccccc2)cc1. The smallest absolute Gasteiger partial charge is 0.255 e. The van der Waals surface area contributed by atoms with E-state index in [9.17, 15) is 13.2 Å². The normalized spacial score (nSPS) is 11.6. The maximum Gasteiger partial charge on any atom is 0.255 e. The van der Waals surface area contributed by atoms with Crippen molar-refractivity contribution in [2.45, 2.75) is 31.2 Å². The number of nitrogens with zero attached hydrogens (tertiary/aromatic N) is 1. The van der Waals surface area contributed by atoms with E-state index in [-0.39, 0.29) is 17.3 Å². The molecule has 0 bridgehead atoms. The highest BCUT2D eigenvalue weighted by atomic mass is 32.2. The largest absolute Gasteiger partial charge is 0.322 e. The summed E-state index contributed by atoms with van der Waals surface area (Å²) in [4.78, 5) is 12.9. The van der Waals surface area contributed by atoms with Crippen LogP contribution in [-0.2, 0) is 16.6 Å². The van der Waals surface area contributed by atoms with Crippen molar-refractivity contribution in [3.63, 3.8) is 0 Å². The molecule has 3 aromatic carbocycles. The lowest BCUT2D eigenvalue weighted by Gasteiger charge is -2.17. The van der Waals surface area contributed by atoms with Gasteiger partial charge in [0, 0.05) is 24.8 Å². The molecule has 30 heavy (non-hydrogen) atoms. The maximum absolute atomic E-state index is 12.7. The number of benzene rings is 3. The minimum Gasteiger partial charge on any atom is -0.322 e. The third kappa shape index (κ3) is 4.96. The average Bonchev–Trinajstić information content (AvgIpc) is 2.75. The second kappa shape index (κ2) is 9.24. The average molecular weight is 423 g/mol. The molecule has 0 radical (unpaired) electrons. The molecule has 0 saturated heterocycles.